The number of hydrogen-bond donors (Lipinski definition) is 2. The molecule has 2 atom stereocenters. The Morgan fingerprint density at radius 2 is 1.78 bits per heavy atom. The number of amides is 1. The van der Waals surface area contributed by atoms with Gasteiger partial charge in [-0.2, -0.15) is 0 Å². The molecule has 2 bridgehead atoms. The minimum absolute atomic E-state index is 0.00122. The van der Waals surface area contributed by atoms with Crippen molar-refractivity contribution in [3.8, 4) is 11.3 Å². The van der Waals surface area contributed by atoms with Crippen LogP contribution in [0.2, 0.25) is 5.02 Å². The number of hydrogen-bond acceptors (Lipinski definition) is 5. The third kappa shape index (κ3) is 4.64. The summed E-state index contributed by atoms with van der Waals surface area (Å²) in [5, 5.41) is 12.5. The number of pyridine rings is 1. The van der Waals surface area contributed by atoms with Crippen molar-refractivity contribution in [2.75, 3.05) is 5.32 Å². The molecule has 3 aromatic rings. The first-order chi connectivity index (χ1) is 17.5. The van der Waals surface area contributed by atoms with Gasteiger partial charge in [0.05, 0.1) is 32.0 Å². The van der Waals surface area contributed by atoms with Crippen LogP contribution in [0, 0.1) is 23.5 Å². The van der Waals surface area contributed by atoms with Crippen LogP contribution < -0.4 is 5.32 Å². The lowest BCUT2D eigenvalue weighted by Crippen LogP contribution is -2.45. The summed E-state index contributed by atoms with van der Waals surface area (Å²) >= 11 is 6.52. The highest BCUT2D eigenvalue weighted by atomic mass is 35.5. The van der Waals surface area contributed by atoms with E-state index >= 15 is 0 Å². The molecule has 1 aromatic heterocycles. The van der Waals surface area contributed by atoms with Gasteiger partial charge in [-0.25, -0.2) is 17.2 Å². The molecule has 2 aliphatic rings. The molecule has 0 aliphatic heterocycles. The minimum atomic E-state index is -3.96. The van der Waals surface area contributed by atoms with Crippen LogP contribution in [0.1, 0.15) is 43.0 Å². The number of nitrogens with one attached hydrogen (secondary N) is 1. The lowest BCUT2D eigenvalue weighted by molar-refractivity contribution is -0.0413. The van der Waals surface area contributed by atoms with E-state index in [1.54, 1.807) is 25.1 Å². The molecular formula is C27H25ClF2N2O4S. The van der Waals surface area contributed by atoms with Crippen LogP contribution in [0.3, 0.4) is 0 Å². The predicted molar refractivity (Wildman–Crippen MR) is 136 cm³/mol. The van der Waals surface area contributed by atoms with E-state index in [4.69, 9.17) is 11.6 Å². The molecule has 10 heteroatoms. The Kier molecular flexibility index (Phi) is 6.58. The maximum absolute atomic E-state index is 13.8. The number of carbonyl (C=O) groups is 1. The smallest absolute Gasteiger partial charge is 0.256 e. The molecule has 0 radical (unpaired) electrons. The topological polar surface area (TPSA) is 96.4 Å². The lowest BCUT2D eigenvalue weighted by Gasteiger charge is -2.40. The summed E-state index contributed by atoms with van der Waals surface area (Å²) < 4.78 is 54.7. The number of anilines is 1. The normalized spacial score (nSPS) is 25.2. The average molecular weight is 547 g/mol. The van der Waals surface area contributed by atoms with Gasteiger partial charge < -0.3 is 10.4 Å². The molecule has 0 spiro atoms. The van der Waals surface area contributed by atoms with E-state index < -0.39 is 38.2 Å². The standard InChI is InChI=1S/C27H25ClF2N2O4S/c1-27(34)15-5-6-16(27)11-18(10-15)37(35,36)25-14-20(19(13-21(25)28)24-4-2-3-9-31-24)26(33)32-17-7-8-22(29)23(30)12-17/h2-4,7-9,12-16,18,34H,5-6,10-11H2,1H3,(H,32,33)/t15?,16?,18-,27-. The predicted octanol–water partition coefficient (Wildman–Crippen LogP) is 5.65. The van der Waals surface area contributed by atoms with Gasteiger partial charge in [0.2, 0.25) is 0 Å². The van der Waals surface area contributed by atoms with Gasteiger partial charge in [0.25, 0.3) is 5.91 Å². The molecule has 2 unspecified atom stereocenters. The fourth-order valence-electron chi connectivity index (χ4n) is 5.66. The minimum Gasteiger partial charge on any atom is -0.390 e. The first kappa shape index (κ1) is 25.8. The van der Waals surface area contributed by atoms with Crippen molar-refractivity contribution in [1.29, 1.82) is 0 Å². The monoisotopic (exact) mass is 546 g/mol. The largest absolute Gasteiger partial charge is 0.390 e. The fourth-order valence-corrected chi connectivity index (χ4v) is 8.09. The number of nitrogens with zero attached hydrogens (tertiary/aromatic N) is 1. The van der Waals surface area contributed by atoms with Crippen molar-refractivity contribution in [2.45, 2.75) is 48.4 Å². The van der Waals surface area contributed by atoms with Crippen LogP contribution in [0.15, 0.2) is 59.6 Å². The number of carbonyl (C=O) groups excluding carboxylic acids is 1. The molecule has 2 saturated carbocycles. The number of rotatable bonds is 5. The third-order valence-corrected chi connectivity index (χ3v) is 10.4. The molecule has 1 heterocycles. The van der Waals surface area contributed by atoms with Gasteiger partial charge in [-0.3, -0.25) is 9.78 Å². The summed E-state index contributed by atoms with van der Waals surface area (Å²) in [6.07, 6.45) is 3.66. The fraction of sp³-hybridized carbons (Fsp3) is 0.333. The zero-order valence-corrected chi connectivity index (χ0v) is 21.5. The lowest BCUT2D eigenvalue weighted by atomic mass is 9.76. The van der Waals surface area contributed by atoms with Crippen molar-refractivity contribution in [2.24, 2.45) is 11.8 Å². The van der Waals surface area contributed by atoms with E-state index in [-0.39, 0.29) is 38.6 Å². The SMILES string of the molecule is C[C@]1(O)C2CCC1C[C@@H](S(=O)(=O)c1cc(C(=O)Nc3ccc(F)c(F)c3)c(-c3ccccn3)cc1Cl)C2. The van der Waals surface area contributed by atoms with Crippen molar-refractivity contribution >= 4 is 33.0 Å². The van der Waals surface area contributed by atoms with E-state index in [1.165, 1.54) is 24.4 Å². The Morgan fingerprint density at radius 3 is 2.41 bits per heavy atom. The van der Waals surface area contributed by atoms with E-state index in [9.17, 15) is 27.1 Å². The number of aliphatic hydroxyl groups is 1. The molecular weight excluding hydrogens is 522 g/mol. The second-order valence-corrected chi connectivity index (χ2v) is 12.6. The maximum Gasteiger partial charge on any atom is 0.256 e. The summed E-state index contributed by atoms with van der Waals surface area (Å²) in [7, 11) is -3.96. The van der Waals surface area contributed by atoms with Crippen LogP contribution >= 0.6 is 11.6 Å². The van der Waals surface area contributed by atoms with Crippen molar-refractivity contribution in [3.05, 3.63) is 76.9 Å². The Balaban J connectivity index is 1.57. The highest BCUT2D eigenvalue weighted by Crippen LogP contribution is 2.52. The summed E-state index contributed by atoms with van der Waals surface area (Å²) in [4.78, 5) is 17.4. The van der Waals surface area contributed by atoms with E-state index in [2.05, 4.69) is 10.3 Å². The van der Waals surface area contributed by atoms with E-state index in [0.717, 1.165) is 25.0 Å². The van der Waals surface area contributed by atoms with Crippen molar-refractivity contribution in [3.63, 3.8) is 0 Å². The summed E-state index contributed by atoms with van der Waals surface area (Å²) in [5.74, 6) is -3.19. The van der Waals surface area contributed by atoms with Gasteiger partial charge in [-0.05, 0) is 80.8 Å². The number of sulfone groups is 1. The van der Waals surface area contributed by atoms with Gasteiger partial charge in [0, 0.05) is 23.5 Å². The summed E-state index contributed by atoms with van der Waals surface area (Å²) in [6.45, 7) is 1.77. The molecule has 0 saturated heterocycles. The molecule has 2 aromatic carbocycles. The highest BCUT2D eigenvalue weighted by molar-refractivity contribution is 7.92. The van der Waals surface area contributed by atoms with Crippen molar-refractivity contribution in [1.82, 2.24) is 4.98 Å². The second kappa shape index (κ2) is 9.45. The van der Waals surface area contributed by atoms with Crippen molar-refractivity contribution < 1.29 is 27.1 Å². The molecule has 5 rings (SSSR count). The zero-order chi connectivity index (χ0) is 26.5. The van der Waals surface area contributed by atoms with E-state index in [1.807, 2.05) is 0 Å². The van der Waals surface area contributed by atoms with Gasteiger partial charge in [-0.1, -0.05) is 17.7 Å². The number of halogens is 3. The Hall–Kier alpha value is -2.88. The third-order valence-electron chi connectivity index (χ3n) is 7.79. The average Bonchev–Trinajstić information content (AvgIpc) is 3.02. The van der Waals surface area contributed by atoms with E-state index in [0.29, 0.717) is 18.5 Å². The van der Waals surface area contributed by atoms with Gasteiger partial charge >= 0.3 is 0 Å². The molecule has 194 valence electrons. The molecule has 1 amide bonds. The van der Waals surface area contributed by atoms with Gasteiger partial charge in [0.15, 0.2) is 21.5 Å². The van der Waals surface area contributed by atoms with Crippen LogP contribution in [0.25, 0.3) is 11.3 Å². The maximum atomic E-state index is 13.8. The Labute approximate surface area is 218 Å². The van der Waals surface area contributed by atoms with Crippen LogP contribution in [0.4, 0.5) is 14.5 Å². The van der Waals surface area contributed by atoms with Gasteiger partial charge in [0.1, 0.15) is 0 Å². The summed E-state index contributed by atoms with van der Waals surface area (Å²) in [5.41, 5.74) is -0.251. The second-order valence-electron chi connectivity index (χ2n) is 9.96. The van der Waals surface area contributed by atoms with Crippen LogP contribution in [0.5, 0.6) is 0 Å². The number of aromatic nitrogens is 1. The Morgan fingerprint density at radius 1 is 1.08 bits per heavy atom. The first-order valence-electron chi connectivity index (χ1n) is 12.0. The molecule has 2 aliphatic carbocycles. The highest BCUT2D eigenvalue weighted by Gasteiger charge is 2.53. The van der Waals surface area contributed by atoms with Crippen LogP contribution in [-0.2, 0) is 9.84 Å². The Bertz CT molecular complexity index is 1470. The molecule has 37 heavy (non-hydrogen) atoms. The summed E-state index contributed by atoms with van der Waals surface area (Å²) in [6, 6.07) is 10.6. The number of benzene rings is 2. The molecule has 2 fully saturated rings. The number of fused-ring (bicyclic) bond motifs is 2. The van der Waals surface area contributed by atoms with Crippen LogP contribution in [-0.4, -0.2) is 35.3 Å². The quantitative estimate of drug-likeness (QED) is 0.431. The molecule has 6 nitrogen and oxygen atoms in total. The zero-order valence-electron chi connectivity index (χ0n) is 19.9. The molecule has 2 N–H and O–H groups in total. The van der Waals surface area contributed by atoms with Gasteiger partial charge in [-0.15, -0.1) is 0 Å². The first-order valence-corrected chi connectivity index (χ1v) is 13.9.